The van der Waals surface area contributed by atoms with Gasteiger partial charge in [-0.05, 0) is 24.1 Å². The fraction of sp³-hybridized carbons (Fsp3) is 0.0952. The number of rotatable bonds is 5. The second-order valence-corrected chi connectivity index (χ2v) is 7.17. The van der Waals surface area contributed by atoms with Crippen LogP contribution < -0.4 is 5.32 Å². The van der Waals surface area contributed by atoms with E-state index in [0.717, 1.165) is 20.7 Å². The summed E-state index contributed by atoms with van der Waals surface area (Å²) < 4.78 is 0. The van der Waals surface area contributed by atoms with Crippen molar-refractivity contribution >= 4 is 33.3 Å². The molecule has 6 heteroatoms. The number of aromatic nitrogens is 2. The van der Waals surface area contributed by atoms with Crippen molar-refractivity contribution in [1.82, 2.24) is 9.97 Å². The molecule has 4 aromatic rings. The number of aliphatic carboxylic acids is 1. The van der Waals surface area contributed by atoms with Gasteiger partial charge in [0.2, 0.25) is 0 Å². The third kappa shape index (κ3) is 3.52. The molecule has 0 spiro atoms. The highest BCUT2D eigenvalue weighted by Gasteiger charge is 2.22. The predicted molar refractivity (Wildman–Crippen MR) is 108 cm³/mol. The number of carboxylic acids is 1. The van der Waals surface area contributed by atoms with Gasteiger partial charge < -0.3 is 10.4 Å². The van der Waals surface area contributed by atoms with Crippen molar-refractivity contribution in [2.24, 2.45) is 0 Å². The van der Waals surface area contributed by atoms with Gasteiger partial charge in [0, 0.05) is 4.88 Å². The summed E-state index contributed by atoms with van der Waals surface area (Å²) in [5.74, 6) is 0.181. The number of thiophene rings is 1. The summed E-state index contributed by atoms with van der Waals surface area (Å²) in [6, 6.07) is 20.3. The Bertz CT molecular complexity index is 1090. The number of anilines is 1. The van der Waals surface area contributed by atoms with E-state index in [0.29, 0.717) is 17.2 Å². The maximum absolute atomic E-state index is 11.8. The lowest BCUT2D eigenvalue weighted by Crippen LogP contribution is -2.21. The molecule has 0 amide bonds. The van der Waals surface area contributed by atoms with Gasteiger partial charge in [-0.25, -0.2) is 14.8 Å². The molecule has 4 rings (SSSR count). The second-order valence-electron chi connectivity index (χ2n) is 6.14. The number of nitrogens with zero attached hydrogens (tertiary/aromatic N) is 2. The molecule has 2 aromatic carbocycles. The first-order valence-corrected chi connectivity index (χ1v) is 9.31. The van der Waals surface area contributed by atoms with E-state index in [1.807, 2.05) is 61.5 Å². The molecule has 27 heavy (non-hydrogen) atoms. The number of nitrogens with one attached hydrogen (secondary N) is 1. The Balaban J connectivity index is 1.79. The number of hydrogen-bond donors (Lipinski definition) is 2. The molecule has 1 unspecified atom stereocenters. The lowest BCUT2D eigenvalue weighted by atomic mass is 10.1. The SMILES string of the molecule is Cc1nc(NC(C(=O)O)c2ccccc2)c2cc(-c3ccccc3)sc2n1. The fourth-order valence-electron chi connectivity index (χ4n) is 2.95. The molecule has 0 bridgehead atoms. The minimum Gasteiger partial charge on any atom is -0.479 e. The van der Waals surface area contributed by atoms with Gasteiger partial charge >= 0.3 is 5.97 Å². The Kier molecular flexibility index (Phi) is 4.56. The van der Waals surface area contributed by atoms with Crippen molar-refractivity contribution in [2.45, 2.75) is 13.0 Å². The van der Waals surface area contributed by atoms with Crippen LogP contribution in [0.3, 0.4) is 0 Å². The first-order chi connectivity index (χ1) is 13.1. The summed E-state index contributed by atoms with van der Waals surface area (Å²) in [5, 5.41) is 13.6. The zero-order chi connectivity index (χ0) is 18.8. The van der Waals surface area contributed by atoms with Crippen LogP contribution >= 0.6 is 11.3 Å². The molecule has 0 aliphatic carbocycles. The molecule has 134 valence electrons. The molecule has 2 aromatic heterocycles. The fourth-order valence-corrected chi connectivity index (χ4v) is 4.03. The van der Waals surface area contributed by atoms with Crippen molar-refractivity contribution in [3.8, 4) is 10.4 Å². The van der Waals surface area contributed by atoms with E-state index in [1.165, 1.54) is 0 Å². The lowest BCUT2D eigenvalue weighted by molar-refractivity contribution is -0.138. The Morgan fingerprint density at radius 3 is 2.37 bits per heavy atom. The van der Waals surface area contributed by atoms with Gasteiger partial charge in [-0.1, -0.05) is 60.7 Å². The van der Waals surface area contributed by atoms with E-state index in [4.69, 9.17) is 0 Å². The van der Waals surface area contributed by atoms with E-state index in [-0.39, 0.29) is 0 Å². The van der Waals surface area contributed by atoms with Gasteiger partial charge in [-0.15, -0.1) is 11.3 Å². The van der Waals surface area contributed by atoms with Gasteiger partial charge in [-0.3, -0.25) is 0 Å². The first-order valence-electron chi connectivity index (χ1n) is 8.50. The maximum atomic E-state index is 11.8. The van der Waals surface area contributed by atoms with Gasteiger partial charge in [0.1, 0.15) is 16.5 Å². The van der Waals surface area contributed by atoms with Crippen LogP contribution in [0, 0.1) is 6.92 Å². The van der Waals surface area contributed by atoms with Gasteiger partial charge in [-0.2, -0.15) is 0 Å². The Morgan fingerprint density at radius 1 is 1.04 bits per heavy atom. The molecule has 0 aliphatic rings. The Labute approximate surface area is 160 Å². The van der Waals surface area contributed by atoms with Crippen molar-refractivity contribution in [3.05, 3.63) is 78.1 Å². The normalized spacial score (nSPS) is 12.0. The standard InChI is InChI=1S/C21H17N3O2S/c1-13-22-19(24-18(21(25)26)15-10-6-3-7-11-15)16-12-17(27-20(16)23-13)14-8-4-2-5-9-14/h2-12,18H,1H3,(H,25,26)(H,22,23,24). The van der Waals surface area contributed by atoms with Crippen LogP contribution in [-0.4, -0.2) is 21.0 Å². The van der Waals surface area contributed by atoms with Gasteiger partial charge in [0.15, 0.2) is 6.04 Å². The molecule has 2 heterocycles. The molecule has 0 radical (unpaired) electrons. The molecule has 0 saturated carbocycles. The number of aryl methyl sites for hydroxylation is 1. The smallest absolute Gasteiger partial charge is 0.330 e. The van der Waals surface area contributed by atoms with E-state index in [1.54, 1.807) is 23.5 Å². The number of benzene rings is 2. The summed E-state index contributed by atoms with van der Waals surface area (Å²) in [4.78, 5) is 22.8. The van der Waals surface area contributed by atoms with Gasteiger partial charge in [0.05, 0.1) is 5.39 Å². The first kappa shape index (κ1) is 17.2. The van der Waals surface area contributed by atoms with Crippen LogP contribution in [0.5, 0.6) is 0 Å². The Hall–Kier alpha value is -3.25. The topological polar surface area (TPSA) is 75.1 Å². The average molecular weight is 375 g/mol. The molecule has 5 nitrogen and oxygen atoms in total. The van der Waals surface area contributed by atoms with Crippen molar-refractivity contribution in [1.29, 1.82) is 0 Å². The van der Waals surface area contributed by atoms with Crippen LogP contribution in [0.1, 0.15) is 17.4 Å². The molecule has 0 fully saturated rings. The second kappa shape index (κ2) is 7.17. The predicted octanol–water partition coefficient (Wildman–Crippen LogP) is 4.90. The number of hydrogen-bond acceptors (Lipinski definition) is 5. The lowest BCUT2D eigenvalue weighted by Gasteiger charge is -2.16. The summed E-state index contributed by atoms with van der Waals surface area (Å²) >= 11 is 1.57. The van der Waals surface area contributed by atoms with Crippen LogP contribution in [0.25, 0.3) is 20.7 Å². The van der Waals surface area contributed by atoms with Crippen LogP contribution in [0.15, 0.2) is 66.7 Å². The average Bonchev–Trinajstić information content (AvgIpc) is 3.11. The molecular weight excluding hydrogens is 358 g/mol. The van der Waals surface area contributed by atoms with Crippen molar-refractivity contribution in [2.75, 3.05) is 5.32 Å². The van der Waals surface area contributed by atoms with Crippen LogP contribution in [0.2, 0.25) is 0 Å². The number of fused-ring (bicyclic) bond motifs is 1. The van der Waals surface area contributed by atoms with Crippen molar-refractivity contribution in [3.63, 3.8) is 0 Å². The summed E-state index contributed by atoms with van der Waals surface area (Å²) in [6.07, 6.45) is 0. The largest absolute Gasteiger partial charge is 0.479 e. The molecule has 0 aliphatic heterocycles. The highest BCUT2D eigenvalue weighted by Crippen LogP contribution is 2.36. The van der Waals surface area contributed by atoms with E-state index in [2.05, 4.69) is 15.3 Å². The minimum atomic E-state index is -0.955. The molecule has 1 atom stereocenters. The molecule has 0 saturated heterocycles. The van der Waals surface area contributed by atoms with Gasteiger partial charge in [0.25, 0.3) is 0 Å². The highest BCUT2D eigenvalue weighted by atomic mass is 32.1. The molecule has 2 N–H and O–H groups in total. The summed E-state index contributed by atoms with van der Waals surface area (Å²) in [7, 11) is 0. The monoisotopic (exact) mass is 375 g/mol. The minimum absolute atomic E-state index is 0.534. The van der Waals surface area contributed by atoms with E-state index >= 15 is 0 Å². The number of carbonyl (C=O) groups is 1. The zero-order valence-electron chi connectivity index (χ0n) is 14.6. The van der Waals surface area contributed by atoms with E-state index < -0.39 is 12.0 Å². The number of carboxylic acid groups (broad SMARTS) is 1. The van der Waals surface area contributed by atoms with Crippen molar-refractivity contribution < 1.29 is 9.90 Å². The van der Waals surface area contributed by atoms with Crippen LogP contribution in [-0.2, 0) is 4.79 Å². The Morgan fingerprint density at radius 2 is 1.70 bits per heavy atom. The third-order valence-corrected chi connectivity index (χ3v) is 5.30. The highest BCUT2D eigenvalue weighted by molar-refractivity contribution is 7.21. The molecular formula is C21H17N3O2S. The van der Waals surface area contributed by atoms with E-state index in [9.17, 15) is 9.90 Å². The zero-order valence-corrected chi connectivity index (χ0v) is 15.4. The summed E-state index contributed by atoms with van der Waals surface area (Å²) in [5.41, 5.74) is 1.77. The summed E-state index contributed by atoms with van der Waals surface area (Å²) in [6.45, 7) is 1.81. The quantitative estimate of drug-likeness (QED) is 0.519. The maximum Gasteiger partial charge on any atom is 0.330 e. The third-order valence-electron chi connectivity index (χ3n) is 4.22. The van der Waals surface area contributed by atoms with Crippen LogP contribution in [0.4, 0.5) is 5.82 Å².